The van der Waals surface area contributed by atoms with Gasteiger partial charge in [0, 0.05) is 19.1 Å². The minimum atomic E-state index is 0.456. The maximum Gasteiger partial charge on any atom is 0.119 e. The van der Waals surface area contributed by atoms with Gasteiger partial charge in [-0.05, 0) is 66.1 Å². The molecule has 4 rings (SSSR count). The van der Waals surface area contributed by atoms with E-state index in [1.165, 1.54) is 21.4 Å². The molecule has 1 unspecified atom stereocenters. The Bertz CT molecular complexity index is 933. The number of aromatic nitrogens is 1. The van der Waals surface area contributed by atoms with E-state index in [1.54, 1.807) is 11.3 Å². The molecule has 1 atom stereocenters. The highest BCUT2D eigenvalue weighted by Crippen LogP contribution is 2.31. The second-order valence-electron chi connectivity index (χ2n) is 8.17. The lowest BCUT2D eigenvalue weighted by molar-refractivity contribution is 0.201. The van der Waals surface area contributed by atoms with Gasteiger partial charge in [0.2, 0.25) is 0 Å². The van der Waals surface area contributed by atoms with Crippen LogP contribution in [0.3, 0.4) is 0 Å². The molecule has 1 aliphatic rings. The molecule has 0 saturated heterocycles. The van der Waals surface area contributed by atoms with E-state index < -0.39 is 0 Å². The molecule has 148 valence electrons. The summed E-state index contributed by atoms with van der Waals surface area (Å²) in [5.74, 6) is 1.57. The molecule has 0 N–H and O–H groups in total. The van der Waals surface area contributed by atoms with Crippen LogP contribution in [0.2, 0.25) is 0 Å². The standard InChI is InChI=1S/C24H30N2OS/c1-4-23(20-6-8-24-22(14-20)25-16-28-24)26-11-9-18-5-7-21(27-15-17(2)3)13-19(18)10-12-26/h5-8,13-14,16-17,23H,4,9-12,15H2,1-3H3. The molecule has 0 saturated carbocycles. The topological polar surface area (TPSA) is 25.4 Å². The summed E-state index contributed by atoms with van der Waals surface area (Å²) in [4.78, 5) is 7.17. The van der Waals surface area contributed by atoms with Crippen molar-refractivity contribution in [3.63, 3.8) is 0 Å². The van der Waals surface area contributed by atoms with E-state index in [-0.39, 0.29) is 0 Å². The molecule has 0 spiro atoms. The molecule has 1 aliphatic heterocycles. The summed E-state index contributed by atoms with van der Waals surface area (Å²) in [6.07, 6.45) is 3.31. The Kier molecular flexibility index (Phi) is 5.98. The molecule has 2 aromatic carbocycles. The summed E-state index contributed by atoms with van der Waals surface area (Å²) < 4.78 is 7.23. The van der Waals surface area contributed by atoms with Crippen LogP contribution in [0.1, 0.15) is 49.9 Å². The summed E-state index contributed by atoms with van der Waals surface area (Å²) in [5.41, 5.74) is 7.40. The molecule has 0 aliphatic carbocycles. The van der Waals surface area contributed by atoms with Crippen molar-refractivity contribution >= 4 is 21.6 Å². The predicted molar refractivity (Wildman–Crippen MR) is 118 cm³/mol. The zero-order valence-electron chi connectivity index (χ0n) is 17.1. The highest BCUT2D eigenvalue weighted by atomic mass is 32.1. The Morgan fingerprint density at radius 1 is 1.07 bits per heavy atom. The molecule has 0 radical (unpaired) electrons. The molecule has 3 aromatic rings. The average Bonchev–Trinajstić information content (AvgIpc) is 3.07. The van der Waals surface area contributed by atoms with E-state index in [0.29, 0.717) is 12.0 Å². The Balaban J connectivity index is 1.50. The Morgan fingerprint density at radius 3 is 2.68 bits per heavy atom. The van der Waals surface area contributed by atoms with Crippen LogP contribution in [0.4, 0.5) is 0 Å². The van der Waals surface area contributed by atoms with Gasteiger partial charge < -0.3 is 4.74 Å². The molecule has 2 heterocycles. The monoisotopic (exact) mass is 394 g/mol. The molecule has 0 fully saturated rings. The van der Waals surface area contributed by atoms with Crippen LogP contribution in [-0.4, -0.2) is 29.6 Å². The molecular formula is C24H30N2OS. The zero-order chi connectivity index (χ0) is 19.5. The summed E-state index contributed by atoms with van der Waals surface area (Å²) in [5, 5.41) is 0. The zero-order valence-corrected chi connectivity index (χ0v) is 18.0. The van der Waals surface area contributed by atoms with Crippen molar-refractivity contribution in [2.75, 3.05) is 19.7 Å². The minimum absolute atomic E-state index is 0.456. The Hall–Kier alpha value is -1.91. The van der Waals surface area contributed by atoms with Crippen LogP contribution in [0.5, 0.6) is 5.75 Å². The van der Waals surface area contributed by atoms with Crippen LogP contribution in [0.25, 0.3) is 10.2 Å². The third kappa shape index (κ3) is 4.23. The second kappa shape index (κ2) is 8.62. The van der Waals surface area contributed by atoms with Gasteiger partial charge in [-0.3, -0.25) is 4.90 Å². The number of thiazole rings is 1. The van der Waals surface area contributed by atoms with Crippen molar-refractivity contribution in [3.8, 4) is 5.75 Å². The van der Waals surface area contributed by atoms with Crippen molar-refractivity contribution in [1.29, 1.82) is 0 Å². The number of rotatable bonds is 6. The molecule has 3 nitrogen and oxygen atoms in total. The first-order valence-electron chi connectivity index (χ1n) is 10.5. The van der Waals surface area contributed by atoms with E-state index in [0.717, 1.165) is 50.2 Å². The van der Waals surface area contributed by atoms with Crippen molar-refractivity contribution in [3.05, 3.63) is 58.6 Å². The number of benzene rings is 2. The van der Waals surface area contributed by atoms with Crippen molar-refractivity contribution < 1.29 is 4.74 Å². The largest absolute Gasteiger partial charge is 0.493 e. The van der Waals surface area contributed by atoms with Gasteiger partial charge in [0.1, 0.15) is 5.75 Å². The van der Waals surface area contributed by atoms with E-state index >= 15 is 0 Å². The highest BCUT2D eigenvalue weighted by Gasteiger charge is 2.22. The second-order valence-corrected chi connectivity index (χ2v) is 9.06. The van der Waals surface area contributed by atoms with Crippen LogP contribution in [-0.2, 0) is 12.8 Å². The summed E-state index contributed by atoms with van der Waals surface area (Å²) in [6.45, 7) is 9.65. The first-order chi connectivity index (χ1) is 13.6. The van der Waals surface area contributed by atoms with Gasteiger partial charge in [0.25, 0.3) is 0 Å². The van der Waals surface area contributed by atoms with Crippen LogP contribution in [0, 0.1) is 5.92 Å². The van der Waals surface area contributed by atoms with Crippen molar-refractivity contribution in [2.45, 2.75) is 46.1 Å². The first kappa shape index (κ1) is 19.4. The van der Waals surface area contributed by atoms with E-state index in [1.807, 2.05) is 5.51 Å². The molecule has 0 bridgehead atoms. The quantitative estimate of drug-likeness (QED) is 0.522. The third-order valence-electron chi connectivity index (χ3n) is 5.66. The lowest BCUT2D eigenvalue weighted by atomic mass is 10.0. The fraction of sp³-hybridized carbons (Fsp3) is 0.458. The fourth-order valence-corrected chi connectivity index (χ4v) is 4.83. The van der Waals surface area contributed by atoms with Crippen LogP contribution >= 0.6 is 11.3 Å². The van der Waals surface area contributed by atoms with Gasteiger partial charge in [-0.1, -0.05) is 32.9 Å². The molecule has 1 aromatic heterocycles. The number of hydrogen-bond donors (Lipinski definition) is 0. The molecule has 0 amide bonds. The van der Waals surface area contributed by atoms with Gasteiger partial charge in [-0.15, -0.1) is 11.3 Å². The summed E-state index contributed by atoms with van der Waals surface area (Å²) in [7, 11) is 0. The Morgan fingerprint density at radius 2 is 1.89 bits per heavy atom. The summed E-state index contributed by atoms with van der Waals surface area (Å²) in [6, 6.07) is 14.0. The van der Waals surface area contributed by atoms with E-state index in [2.05, 4.69) is 67.1 Å². The highest BCUT2D eigenvalue weighted by molar-refractivity contribution is 7.16. The SMILES string of the molecule is CCC(c1ccc2scnc2c1)N1CCc2ccc(OCC(C)C)cc2CC1. The summed E-state index contributed by atoms with van der Waals surface area (Å²) >= 11 is 1.72. The molecular weight excluding hydrogens is 364 g/mol. The normalized spacial score (nSPS) is 16.1. The van der Waals surface area contributed by atoms with Crippen LogP contribution < -0.4 is 4.74 Å². The lowest BCUT2D eigenvalue weighted by Gasteiger charge is -2.30. The Labute approximate surface area is 172 Å². The molecule has 4 heteroatoms. The van der Waals surface area contributed by atoms with Gasteiger partial charge in [0.15, 0.2) is 0 Å². The predicted octanol–water partition coefficient (Wildman–Crippen LogP) is 5.88. The number of fused-ring (bicyclic) bond motifs is 2. The third-order valence-corrected chi connectivity index (χ3v) is 6.47. The average molecular weight is 395 g/mol. The van der Waals surface area contributed by atoms with Gasteiger partial charge in [-0.2, -0.15) is 0 Å². The number of hydrogen-bond acceptors (Lipinski definition) is 4. The smallest absolute Gasteiger partial charge is 0.119 e. The van der Waals surface area contributed by atoms with Gasteiger partial charge in [-0.25, -0.2) is 4.98 Å². The number of ether oxygens (including phenoxy) is 1. The maximum atomic E-state index is 5.95. The van der Waals surface area contributed by atoms with Crippen LogP contribution in [0.15, 0.2) is 41.9 Å². The van der Waals surface area contributed by atoms with Crippen molar-refractivity contribution in [2.24, 2.45) is 5.92 Å². The minimum Gasteiger partial charge on any atom is -0.493 e. The fourth-order valence-electron chi connectivity index (χ4n) is 4.17. The number of nitrogens with zero attached hydrogens (tertiary/aromatic N) is 2. The lowest BCUT2D eigenvalue weighted by Crippen LogP contribution is -2.31. The molecule has 28 heavy (non-hydrogen) atoms. The van der Waals surface area contributed by atoms with Gasteiger partial charge >= 0.3 is 0 Å². The van der Waals surface area contributed by atoms with Crippen molar-refractivity contribution in [1.82, 2.24) is 9.88 Å². The van der Waals surface area contributed by atoms with E-state index in [9.17, 15) is 0 Å². The van der Waals surface area contributed by atoms with Gasteiger partial charge in [0.05, 0.1) is 22.3 Å². The maximum absolute atomic E-state index is 5.95. The van der Waals surface area contributed by atoms with E-state index in [4.69, 9.17) is 4.74 Å². The first-order valence-corrected chi connectivity index (χ1v) is 11.3.